The lowest BCUT2D eigenvalue weighted by Crippen LogP contribution is -2.22. The molecular weight excluding hydrogens is 263 g/mol. The van der Waals surface area contributed by atoms with Crippen molar-refractivity contribution in [3.8, 4) is 0 Å². The van der Waals surface area contributed by atoms with Gasteiger partial charge in [-0.3, -0.25) is 4.98 Å². The summed E-state index contributed by atoms with van der Waals surface area (Å²) in [6.07, 6.45) is 1.79. The lowest BCUT2D eigenvalue weighted by Gasteiger charge is -2.20. The number of nitrogens with zero attached hydrogens (tertiary/aromatic N) is 1. The highest BCUT2D eigenvalue weighted by molar-refractivity contribution is 5.82. The van der Waals surface area contributed by atoms with Crippen molar-refractivity contribution in [3.05, 3.63) is 77.7 Å². The summed E-state index contributed by atoms with van der Waals surface area (Å²) in [5.41, 5.74) is 2.94. The average Bonchev–Trinajstić information content (AvgIpc) is 2.52. The lowest BCUT2D eigenvalue weighted by molar-refractivity contribution is 0.604. The Labute approximate surface area is 123 Å². The molecule has 0 amide bonds. The zero-order valence-electron chi connectivity index (χ0n) is 11.9. The maximum Gasteiger partial charge on any atom is 0.123 e. The van der Waals surface area contributed by atoms with Gasteiger partial charge in [0.1, 0.15) is 5.82 Å². The number of hydrogen-bond acceptors (Lipinski definition) is 2. The lowest BCUT2D eigenvalue weighted by atomic mass is 9.96. The van der Waals surface area contributed by atoms with E-state index in [-0.39, 0.29) is 11.9 Å². The molecule has 106 valence electrons. The minimum atomic E-state index is -0.219. The van der Waals surface area contributed by atoms with Gasteiger partial charge < -0.3 is 5.32 Å². The van der Waals surface area contributed by atoms with Crippen LogP contribution >= 0.6 is 0 Å². The van der Waals surface area contributed by atoms with Crippen LogP contribution in [0.3, 0.4) is 0 Å². The molecule has 0 aliphatic carbocycles. The second-order valence-electron chi connectivity index (χ2n) is 4.97. The van der Waals surface area contributed by atoms with E-state index in [4.69, 9.17) is 0 Å². The Hall–Kier alpha value is -2.26. The van der Waals surface area contributed by atoms with E-state index in [0.717, 1.165) is 28.6 Å². The second-order valence-corrected chi connectivity index (χ2v) is 4.97. The molecule has 2 aromatic carbocycles. The average molecular weight is 280 g/mol. The zero-order valence-corrected chi connectivity index (χ0v) is 11.9. The Balaban J connectivity index is 2.16. The number of pyridine rings is 1. The van der Waals surface area contributed by atoms with Crippen molar-refractivity contribution in [1.82, 2.24) is 10.3 Å². The predicted molar refractivity (Wildman–Crippen MR) is 83.7 cm³/mol. The minimum Gasteiger partial charge on any atom is -0.306 e. The summed E-state index contributed by atoms with van der Waals surface area (Å²) >= 11 is 0. The largest absolute Gasteiger partial charge is 0.306 e. The van der Waals surface area contributed by atoms with Crippen LogP contribution in [0.4, 0.5) is 4.39 Å². The number of fused-ring (bicyclic) bond motifs is 1. The molecule has 0 spiro atoms. The van der Waals surface area contributed by atoms with E-state index in [2.05, 4.69) is 10.3 Å². The molecule has 0 fully saturated rings. The molecule has 1 heterocycles. The van der Waals surface area contributed by atoms with Crippen LogP contribution in [0.25, 0.3) is 10.9 Å². The predicted octanol–water partition coefficient (Wildman–Crippen LogP) is 4.07. The van der Waals surface area contributed by atoms with Crippen LogP contribution in [-0.2, 0) is 0 Å². The van der Waals surface area contributed by atoms with Gasteiger partial charge >= 0.3 is 0 Å². The topological polar surface area (TPSA) is 24.9 Å². The Bertz CT molecular complexity index is 750. The Morgan fingerprint density at radius 3 is 2.71 bits per heavy atom. The van der Waals surface area contributed by atoms with E-state index < -0.39 is 0 Å². The fourth-order valence-electron chi connectivity index (χ4n) is 2.66. The number of hydrogen-bond donors (Lipinski definition) is 1. The summed E-state index contributed by atoms with van der Waals surface area (Å²) in [5.74, 6) is -0.219. The normalized spacial score (nSPS) is 12.5. The van der Waals surface area contributed by atoms with Gasteiger partial charge in [-0.05, 0) is 35.9 Å². The summed E-state index contributed by atoms with van der Waals surface area (Å²) in [6.45, 7) is 2.84. The maximum atomic E-state index is 13.6. The first-order valence-corrected chi connectivity index (χ1v) is 7.12. The summed E-state index contributed by atoms with van der Waals surface area (Å²) in [5, 5.41) is 4.52. The quantitative estimate of drug-likeness (QED) is 0.779. The monoisotopic (exact) mass is 280 g/mol. The molecule has 0 saturated carbocycles. The Morgan fingerprint density at radius 1 is 1.10 bits per heavy atom. The van der Waals surface area contributed by atoms with Crippen molar-refractivity contribution in [2.45, 2.75) is 13.0 Å². The summed E-state index contributed by atoms with van der Waals surface area (Å²) in [4.78, 5) is 4.50. The summed E-state index contributed by atoms with van der Waals surface area (Å²) in [7, 11) is 0. The second kappa shape index (κ2) is 6.02. The number of nitrogens with one attached hydrogen (secondary N) is 1. The van der Waals surface area contributed by atoms with Crippen molar-refractivity contribution in [1.29, 1.82) is 0 Å². The highest BCUT2D eigenvalue weighted by Crippen LogP contribution is 2.28. The fourth-order valence-corrected chi connectivity index (χ4v) is 2.66. The van der Waals surface area contributed by atoms with Gasteiger partial charge in [0, 0.05) is 11.6 Å². The van der Waals surface area contributed by atoms with Crippen molar-refractivity contribution >= 4 is 10.9 Å². The first kappa shape index (κ1) is 13.7. The number of halogens is 1. The maximum absolute atomic E-state index is 13.6. The molecule has 0 aliphatic rings. The van der Waals surface area contributed by atoms with E-state index in [0.29, 0.717) is 0 Å². The molecule has 0 radical (unpaired) electrons. The van der Waals surface area contributed by atoms with Gasteiger partial charge in [0.05, 0.1) is 11.6 Å². The van der Waals surface area contributed by atoms with Gasteiger partial charge in [0.25, 0.3) is 0 Å². The van der Waals surface area contributed by atoms with Crippen molar-refractivity contribution in [2.24, 2.45) is 0 Å². The van der Waals surface area contributed by atoms with Gasteiger partial charge in [-0.1, -0.05) is 43.3 Å². The van der Waals surface area contributed by atoms with E-state index in [1.807, 2.05) is 43.3 Å². The third-order valence-corrected chi connectivity index (χ3v) is 3.57. The molecule has 21 heavy (non-hydrogen) atoms. The first-order chi connectivity index (χ1) is 10.3. The first-order valence-electron chi connectivity index (χ1n) is 7.12. The van der Waals surface area contributed by atoms with Crippen LogP contribution in [0.2, 0.25) is 0 Å². The number of benzene rings is 2. The molecule has 0 saturated heterocycles. The van der Waals surface area contributed by atoms with Crippen molar-refractivity contribution in [2.75, 3.05) is 6.54 Å². The van der Waals surface area contributed by atoms with Crippen molar-refractivity contribution in [3.63, 3.8) is 0 Å². The van der Waals surface area contributed by atoms with Crippen molar-refractivity contribution < 1.29 is 4.39 Å². The standard InChI is InChI=1S/C18H17FN2/c1-2-20-18(14-7-3-9-15(19)12-14)16-10-4-6-13-8-5-11-21-17(13)16/h3-12,18,20H,2H2,1H3. The molecule has 3 aromatic rings. The van der Waals surface area contributed by atoms with Gasteiger partial charge in [-0.2, -0.15) is 0 Å². The van der Waals surface area contributed by atoms with E-state index >= 15 is 0 Å². The van der Waals surface area contributed by atoms with Gasteiger partial charge in [0.2, 0.25) is 0 Å². The molecule has 0 bridgehead atoms. The molecular formula is C18H17FN2. The molecule has 0 aliphatic heterocycles. The highest BCUT2D eigenvalue weighted by Gasteiger charge is 2.16. The highest BCUT2D eigenvalue weighted by atomic mass is 19.1. The zero-order chi connectivity index (χ0) is 14.7. The smallest absolute Gasteiger partial charge is 0.123 e. The van der Waals surface area contributed by atoms with Crippen LogP contribution < -0.4 is 5.32 Å². The minimum absolute atomic E-state index is 0.0655. The Morgan fingerprint density at radius 2 is 1.90 bits per heavy atom. The molecule has 3 rings (SSSR count). The SMILES string of the molecule is CCNC(c1cccc(F)c1)c1cccc2cccnc12. The third-order valence-electron chi connectivity index (χ3n) is 3.57. The number of para-hydroxylation sites is 1. The van der Waals surface area contributed by atoms with Crippen LogP contribution in [0.15, 0.2) is 60.8 Å². The fraction of sp³-hybridized carbons (Fsp3) is 0.167. The Kier molecular flexibility index (Phi) is 3.93. The van der Waals surface area contributed by atoms with E-state index in [1.165, 1.54) is 6.07 Å². The van der Waals surface area contributed by atoms with Crippen LogP contribution in [-0.4, -0.2) is 11.5 Å². The number of rotatable bonds is 4. The molecule has 1 atom stereocenters. The van der Waals surface area contributed by atoms with Gasteiger partial charge in [-0.15, -0.1) is 0 Å². The molecule has 1 unspecified atom stereocenters. The third kappa shape index (κ3) is 2.78. The van der Waals surface area contributed by atoms with E-state index in [9.17, 15) is 4.39 Å². The summed E-state index contributed by atoms with van der Waals surface area (Å²) in [6, 6.07) is 16.7. The molecule has 3 heteroatoms. The van der Waals surface area contributed by atoms with E-state index in [1.54, 1.807) is 18.3 Å². The molecule has 2 nitrogen and oxygen atoms in total. The summed E-state index contributed by atoms with van der Waals surface area (Å²) < 4.78 is 13.6. The van der Waals surface area contributed by atoms with Gasteiger partial charge in [-0.25, -0.2) is 4.39 Å². The van der Waals surface area contributed by atoms with Crippen LogP contribution in [0, 0.1) is 5.82 Å². The van der Waals surface area contributed by atoms with Crippen LogP contribution in [0.1, 0.15) is 24.1 Å². The van der Waals surface area contributed by atoms with Crippen LogP contribution in [0.5, 0.6) is 0 Å². The molecule has 1 aromatic heterocycles. The number of aromatic nitrogens is 1. The molecule has 1 N–H and O–H groups in total. The van der Waals surface area contributed by atoms with Gasteiger partial charge in [0.15, 0.2) is 0 Å².